The number of pyridine rings is 1. The van der Waals surface area contributed by atoms with Crippen LogP contribution in [0.1, 0.15) is 62.6 Å². The van der Waals surface area contributed by atoms with Gasteiger partial charge in [0, 0.05) is 29.7 Å². The SMILES string of the molecule is Cc1cc(-c2cccnc2)nc2c(C(=O)N[C@H]3CC[C@H](OC(C)(C)C)CC3)ncn12. The molecular weight excluding hydrogens is 378 g/mol. The summed E-state index contributed by atoms with van der Waals surface area (Å²) >= 11 is 0. The highest BCUT2D eigenvalue weighted by Gasteiger charge is 2.27. The van der Waals surface area contributed by atoms with Crippen LogP contribution in [0.3, 0.4) is 0 Å². The van der Waals surface area contributed by atoms with E-state index in [4.69, 9.17) is 9.72 Å². The quantitative estimate of drug-likeness (QED) is 0.708. The van der Waals surface area contributed by atoms with Gasteiger partial charge in [-0.2, -0.15) is 0 Å². The minimum absolute atomic E-state index is 0.133. The van der Waals surface area contributed by atoms with Crippen LogP contribution in [0.4, 0.5) is 0 Å². The standard InChI is InChI=1S/C23H29N5O2/c1-15-12-19(16-6-5-11-24-13-16)27-21-20(25-14-28(15)21)22(29)26-17-7-9-18(10-8-17)30-23(2,3)4/h5-6,11-14,17-18H,7-10H2,1-4H3,(H,26,29)/t17-,18-. The summed E-state index contributed by atoms with van der Waals surface area (Å²) in [6.07, 6.45) is 9.15. The topological polar surface area (TPSA) is 81.4 Å². The molecule has 1 N–H and O–H groups in total. The number of amides is 1. The fraction of sp³-hybridized carbons (Fsp3) is 0.478. The molecule has 3 aromatic rings. The second-order valence-corrected chi connectivity index (χ2v) is 8.99. The van der Waals surface area contributed by atoms with Crippen molar-refractivity contribution in [3.63, 3.8) is 0 Å². The Balaban J connectivity index is 1.50. The maximum Gasteiger partial charge on any atom is 0.274 e. The summed E-state index contributed by atoms with van der Waals surface area (Å²) < 4.78 is 7.94. The Kier molecular flexibility index (Phi) is 5.56. The van der Waals surface area contributed by atoms with E-state index in [1.165, 1.54) is 0 Å². The summed E-state index contributed by atoms with van der Waals surface area (Å²) in [6.45, 7) is 8.23. The second kappa shape index (κ2) is 8.14. The van der Waals surface area contributed by atoms with Gasteiger partial charge in [0.2, 0.25) is 0 Å². The Bertz CT molecular complexity index is 1030. The molecule has 0 unspecified atom stereocenters. The lowest BCUT2D eigenvalue weighted by Crippen LogP contribution is -2.40. The molecule has 30 heavy (non-hydrogen) atoms. The highest BCUT2D eigenvalue weighted by atomic mass is 16.5. The number of nitrogens with one attached hydrogen (secondary N) is 1. The van der Waals surface area contributed by atoms with Gasteiger partial charge in [-0.3, -0.25) is 14.2 Å². The first kappa shape index (κ1) is 20.5. The number of hydrogen-bond acceptors (Lipinski definition) is 5. The van der Waals surface area contributed by atoms with E-state index >= 15 is 0 Å². The van der Waals surface area contributed by atoms with Crippen LogP contribution in [0.5, 0.6) is 0 Å². The highest BCUT2D eigenvalue weighted by Crippen LogP contribution is 2.26. The van der Waals surface area contributed by atoms with Crippen molar-refractivity contribution in [1.29, 1.82) is 0 Å². The Labute approximate surface area is 176 Å². The van der Waals surface area contributed by atoms with Gasteiger partial charge in [0.1, 0.15) is 6.33 Å². The number of rotatable bonds is 4. The van der Waals surface area contributed by atoms with Gasteiger partial charge in [-0.05, 0) is 71.6 Å². The molecule has 0 aliphatic heterocycles. The number of imidazole rings is 1. The van der Waals surface area contributed by atoms with Crippen LogP contribution in [0.15, 0.2) is 36.9 Å². The van der Waals surface area contributed by atoms with Gasteiger partial charge in [0.05, 0.1) is 17.4 Å². The summed E-state index contributed by atoms with van der Waals surface area (Å²) in [5.41, 5.74) is 3.44. The summed E-state index contributed by atoms with van der Waals surface area (Å²) in [5, 5.41) is 3.15. The van der Waals surface area contributed by atoms with Gasteiger partial charge < -0.3 is 10.1 Å². The van der Waals surface area contributed by atoms with Crippen LogP contribution >= 0.6 is 0 Å². The molecule has 0 bridgehead atoms. The van der Waals surface area contributed by atoms with Crippen molar-refractivity contribution in [2.45, 2.75) is 71.1 Å². The van der Waals surface area contributed by atoms with Crippen molar-refractivity contribution >= 4 is 11.6 Å². The Morgan fingerprint density at radius 3 is 2.67 bits per heavy atom. The smallest absolute Gasteiger partial charge is 0.274 e. The number of aryl methyl sites for hydroxylation is 1. The fourth-order valence-electron chi connectivity index (χ4n) is 4.02. The van der Waals surface area contributed by atoms with Crippen LogP contribution in [-0.2, 0) is 4.74 Å². The molecule has 1 aliphatic carbocycles. The first-order valence-electron chi connectivity index (χ1n) is 10.5. The minimum atomic E-state index is -0.173. The monoisotopic (exact) mass is 407 g/mol. The van der Waals surface area contributed by atoms with Crippen LogP contribution < -0.4 is 5.32 Å². The van der Waals surface area contributed by atoms with Crippen LogP contribution in [0.2, 0.25) is 0 Å². The van der Waals surface area contributed by atoms with Crippen LogP contribution in [-0.4, -0.2) is 43.0 Å². The molecule has 3 heterocycles. The largest absolute Gasteiger partial charge is 0.373 e. The molecule has 3 aromatic heterocycles. The summed E-state index contributed by atoms with van der Waals surface area (Å²) in [4.78, 5) is 26.2. The number of nitrogens with zero attached hydrogens (tertiary/aromatic N) is 4. The van der Waals surface area contributed by atoms with Crippen molar-refractivity contribution in [2.75, 3.05) is 0 Å². The zero-order chi connectivity index (χ0) is 21.3. The van der Waals surface area contributed by atoms with Gasteiger partial charge in [-0.25, -0.2) is 9.97 Å². The molecule has 1 saturated carbocycles. The van der Waals surface area contributed by atoms with Crippen LogP contribution in [0.25, 0.3) is 16.9 Å². The number of fused-ring (bicyclic) bond motifs is 1. The molecule has 0 saturated heterocycles. The average molecular weight is 408 g/mol. The summed E-state index contributed by atoms with van der Waals surface area (Å²) in [5.74, 6) is -0.173. The van der Waals surface area contributed by atoms with E-state index in [1.807, 2.05) is 29.5 Å². The predicted molar refractivity (Wildman–Crippen MR) is 115 cm³/mol. The van der Waals surface area contributed by atoms with Crippen molar-refractivity contribution in [2.24, 2.45) is 0 Å². The molecule has 1 amide bonds. The van der Waals surface area contributed by atoms with Crippen molar-refractivity contribution < 1.29 is 9.53 Å². The van der Waals surface area contributed by atoms with E-state index in [0.29, 0.717) is 11.3 Å². The lowest BCUT2D eigenvalue weighted by atomic mass is 9.92. The second-order valence-electron chi connectivity index (χ2n) is 8.99. The van der Waals surface area contributed by atoms with Crippen LogP contribution in [0, 0.1) is 6.92 Å². The molecule has 0 spiro atoms. The number of hydrogen-bond donors (Lipinski definition) is 1. The zero-order valence-electron chi connectivity index (χ0n) is 18.1. The highest BCUT2D eigenvalue weighted by molar-refractivity contribution is 5.98. The molecule has 0 atom stereocenters. The summed E-state index contributed by atoms with van der Waals surface area (Å²) in [6, 6.07) is 5.94. The number of carbonyl (C=O) groups is 1. The molecule has 7 heteroatoms. The van der Waals surface area contributed by atoms with E-state index in [-0.39, 0.29) is 23.7 Å². The molecule has 4 rings (SSSR count). The van der Waals surface area contributed by atoms with Gasteiger partial charge in [-0.1, -0.05) is 0 Å². The van der Waals surface area contributed by atoms with Crippen molar-refractivity contribution in [3.8, 4) is 11.3 Å². The molecule has 1 aliphatic rings. The Hall–Kier alpha value is -2.80. The summed E-state index contributed by atoms with van der Waals surface area (Å²) in [7, 11) is 0. The molecule has 7 nitrogen and oxygen atoms in total. The molecule has 158 valence electrons. The third kappa shape index (κ3) is 4.51. The Morgan fingerprint density at radius 2 is 2.00 bits per heavy atom. The molecule has 1 fully saturated rings. The van der Waals surface area contributed by atoms with E-state index in [2.05, 4.69) is 36.1 Å². The average Bonchev–Trinajstić information content (AvgIpc) is 3.14. The predicted octanol–water partition coefficient (Wildman–Crippen LogP) is 3.96. The van der Waals surface area contributed by atoms with Crippen molar-refractivity contribution in [3.05, 3.63) is 48.3 Å². The molecule has 0 aromatic carbocycles. The number of aromatic nitrogens is 4. The lowest BCUT2D eigenvalue weighted by molar-refractivity contribution is -0.0757. The minimum Gasteiger partial charge on any atom is -0.373 e. The maximum atomic E-state index is 13.0. The number of carbonyl (C=O) groups excluding carboxylic acids is 1. The third-order valence-electron chi connectivity index (χ3n) is 5.40. The molecule has 0 radical (unpaired) electrons. The van der Waals surface area contributed by atoms with Gasteiger partial charge in [0.15, 0.2) is 11.3 Å². The van der Waals surface area contributed by atoms with E-state index in [0.717, 1.165) is 42.6 Å². The van der Waals surface area contributed by atoms with Crippen molar-refractivity contribution in [1.82, 2.24) is 24.7 Å². The molecular formula is C23H29N5O2. The third-order valence-corrected chi connectivity index (χ3v) is 5.40. The van der Waals surface area contributed by atoms with Gasteiger partial charge in [0.25, 0.3) is 5.91 Å². The normalized spacial score (nSPS) is 19.7. The van der Waals surface area contributed by atoms with E-state index in [9.17, 15) is 4.79 Å². The lowest BCUT2D eigenvalue weighted by Gasteiger charge is -2.33. The van der Waals surface area contributed by atoms with E-state index in [1.54, 1.807) is 18.7 Å². The maximum absolute atomic E-state index is 13.0. The fourth-order valence-corrected chi connectivity index (χ4v) is 4.02. The van der Waals surface area contributed by atoms with Gasteiger partial charge in [-0.15, -0.1) is 0 Å². The Morgan fingerprint density at radius 1 is 1.23 bits per heavy atom. The van der Waals surface area contributed by atoms with E-state index < -0.39 is 0 Å². The first-order chi connectivity index (χ1) is 14.3. The first-order valence-corrected chi connectivity index (χ1v) is 10.5. The number of ether oxygens (including phenoxy) is 1. The zero-order valence-corrected chi connectivity index (χ0v) is 18.1. The van der Waals surface area contributed by atoms with Gasteiger partial charge >= 0.3 is 0 Å².